The largest absolute Gasteiger partial charge is 0.339 e. The van der Waals surface area contributed by atoms with E-state index in [0.29, 0.717) is 35.2 Å². The molecule has 2 aromatic heterocycles. The second kappa shape index (κ2) is 20.0. The van der Waals surface area contributed by atoms with Crippen molar-refractivity contribution in [2.24, 2.45) is 20.5 Å². The van der Waals surface area contributed by atoms with Crippen molar-refractivity contribution in [1.82, 2.24) is 4.98 Å². The van der Waals surface area contributed by atoms with Gasteiger partial charge in [-0.1, -0.05) is 23.5 Å². The zero-order valence-corrected chi connectivity index (χ0v) is 40.7. The van der Waals surface area contributed by atoms with Crippen molar-refractivity contribution in [3.8, 4) is 23.3 Å². The molecule has 0 aliphatic rings. The molecular formula is C42H29N11O15S5. The van der Waals surface area contributed by atoms with Gasteiger partial charge in [-0.2, -0.15) is 44.2 Å². The van der Waals surface area contributed by atoms with Crippen LogP contribution in [-0.2, 0) is 45.3 Å². The topological polar surface area (TPSA) is 424 Å². The molecule has 0 bridgehead atoms. The molecule has 1 amide bonds. The maximum atomic E-state index is 12.6. The Morgan fingerprint density at radius 1 is 0.644 bits per heavy atom. The molecular weight excluding hydrogens is 1060 g/mol. The standard InChI is InChI=1S/C42H29N11O15S5/c1-21-33(19-43)39(46-25-7-11-29(12-8-25)70(57,58)59)48-40(47-26-9-13-30(14-10-26)71(60,61)62)38(21)50-51-41-34(20-44)37(23-3-5-24(6-4-23)45-22(2)54)42(69-41)52-49-27-15-31-32(35(16-27)72(63,64)65)17-28(53(55)56)18-36(31)73(66,67)68/h3-18H,1-2H3,(H,45,54)(H2,46,47,48)(H,57,58,59)(H,60,61,62)(H,63,64,65)(H,66,67,68). The van der Waals surface area contributed by atoms with E-state index in [9.17, 15) is 77.3 Å². The first-order valence-corrected chi connectivity index (χ1v) is 26.4. The van der Waals surface area contributed by atoms with Gasteiger partial charge in [-0.25, -0.2) is 4.98 Å². The second-order valence-corrected chi connectivity index (χ2v) is 21.5. The van der Waals surface area contributed by atoms with Crippen LogP contribution in [0.2, 0.25) is 0 Å². The van der Waals surface area contributed by atoms with Gasteiger partial charge in [0.05, 0.1) is 26.0 Å². The molecule has 0 aliphatic carbocycles. The van der Waals surface area contributed by atoms with Crippen molar-refractivity contribution in [3.05, 3.63) is 124 Å². The lowest BCUT2D eigenvalue weighted by atomic mass is 10.0. The van der Waals surface area contributed by atoms with E-state index in [1.165, 1.54) is 62.4 Å². The summed E-state index contributed by atoms with van der Waals surface area (Å²) in [5, 5.41) is 56.5. The van der Waals surface area contributed by atoms with E-state index in [0.717, 1.165) is 30.3 Å². The maximum Gasteiger partial charge on any atom is 0.295 e. The smallest absolute Gasteiger partial charge is 0.295 e. The molecule has 0 saturated heterocycles. The van der Waals surface area contributed by atoms with Gasteiger partial charge in [-0.15, -0.1) is 20.5 Å². The van der Waals surface area contributed by atoms with Crippen molar-refractivity contribution in [2.75, 3.05) is 16.0 Å². The van der Waals surface area contributed by atoms with Crippen LogP contribution in [-0.4, -0.2) is 67.7 Å². The molecule has 7 aromatic rings. The predicted octanol–water partition coefficient (Wildman–Crippen LogP) is 9.19. The van der Waals surface area contributed by atoms with Gasteiger partial charge in [-0.3, -0.25) is 33.1 Å². The van der Waals surface area contributed by atoms with E-state index < -0.39 is 93.0 Å². The molecule has 0 aliphatic heterocycles. The van der Waals surface area contributed by atoms with Crippen LogP contribution in [0.3, 0.4) is 0 Å². The number of amides is 1. The third-order valence-electron chi connectivity index (χ3n) is 10.1. The molecule has 0 fully saturated rings. The van der Waals surface area contributed by atoms with E-state index in [1.807, 2.05) is 12.1 Å². The molecule has 372 valence electrons. The Balaban J connectivity index is 1.42. The van der Waals surface area contributed by atoms with Gasteiger partial charge in [0.1, 0.15) is 38.2 Å². The average Bonchev–Trinajstić information content (AvgIpc) is 3.66. The number of benzene rings is 5. The number of nitrogens with zero attached hydrogens (tertiary/aromatic N) is 8. The Bertz CT molecular complexity index is 4080. The van der Waals surface area contributed by atoms with Crippen LogP contribution in [0, 0.1) is 39.7 Å². The Labute approximate surface area is 416 Å². The molecule has 2 heterocycles. The molecule has 31 heteroatoms. The Morgan fingerprint density at radius 2 is 1.14 bits per heavy atom. The number of nitrogens with one attached hydrogen (secondary N) is 3. The van der Waals surface area contributed by atoms with Crippen LogP contribution >= 0.6 is 11.3 Å². The molecule has 0 radical (unpaired) electrons. The van der Waals surface area contributed by atoms with Crippen molar-refractivity contribution in [2.45, 2.75) is 33.4 Å². The number of rotatable bonds is 15. The highest BCUT2D eigenvalue weighted by Crippen LogP contribution is 2.49. The fourth-order valence-electron chi connectivity index (χ4n) is 6.82. The van der Waals surface area contributed by atoms with Crippen molar-refractivity contribution < 1.29 is 61.6 Å². The minimum Gasteiger partial charge on any atom is -0.339 e. The lowest BCUT2D eigenvalue weighted by Crippen LogP contribution is -2.05. The number of nitriles is 2. The van der Waals surface area contributed by atoms with Crippen molar-refractivity contribution >= 4 is 124 Å². The number of azo groups is 2. The first kappa shape index (κ1) is 52.3. The average molecular weight is 1090 g/mol. The molecule has 0 unspecified atom stereocenters. The second-order valence-electron chi connectivity index (χ2n) is 14.9. The minimum absolute atomic E-state index is 0.0222. The van der Waals surface area contributed by atoms with Gasteiger partial charge < -0.3 is 16.0 Å². The van der Waals surface area contributed by atoms with Crippen LogP contribution < -0.4 is 16.0 Å². The highest BCUT2D eigenvalue weighted by atomic mass is 32.2. The number of hydrogen-bond donors (Lipinski definition) is 7. The quantitative estimate of drug-likeness (QED) is 0.0217. The van der Waals surface area contributed by atoms with Gasteiger partial charge in [0.25, 0.3) is 46.2 Å². The van der Waals surface area contributed by atoms with E-state index in [1.54, 1.807) is 0 Å². The summed E-state index contributed by atoms with van der Waals surface area (Å²) in [6.07, 6.45) is 0. The number of fused-ring (bicyclic) bond motifs is 1. The Kier molecular flexibility index (Phi) is 14.3. The van der Waals surface area contributed by atoms with Gasteiger partial charge in [-0.05, 0) is 85.3 Å². The predicted molar refractivity (Wildman–Crippen MR) is 260 cm³/mol. The third-order valence-corrected chi connectivity index (χ3v) is 14.5. The summed E-state index contributed by atoms with van der Waals surface area (Å²) < 4.78 is 136. The van der Waals surface area contributed by atoms with Gasteiger partial charge in [0.15, 0.2) is 16.6 Å². The van der Waals surface area contributed by atoms with Crippen LogP contribution in [0.4, 0.5) is 55.8 Å². The summed E-state index contributed by atoms with van der Waals surface area (Å²) in [4.78, 5) is 23.8. The summed E-state index contributed by atoms with van der Waals surface area (Å²) >= 11 is 0.671. The normalized spacial score (nSPS) is 12.2. The molecule has 0 atom stereocenters. The lowest BCUT2D eigenvalue weighted by Gasteiger charge is -2.16. The summed E-state index contributed by atoms with van der Waals surface area (Å²) in [6.45, 7) is 2.72. The minimum atomic E-state index is -5.30. The monoisotopic (exact) mass is 1090 g/mol. The maximum absolute atomic E-state index is 12.6. The SMILES string of the molecule is CC(=O)Nc1ccc(-c2c(N=Nc3cc(S(=O)(=O)O)c4cc([N+](=O)[O-])cc(S(=O)(=O)O)c4c3)sc(N=Nc3c(Nc4ccc(S(=O)(=O)O)cc4)nc(Nc4ccc(S(=O)(=O)O)cc4)c(C#N)c3C)c2C#N)cc1. The van der Waals surface area contributed by atoms with Gasteiger partial charge >= 0.3 is 0 Å². The van der Waals surface area contributed by atoms with E-state index in [2.05, 4.69) is 41.4 Å². The molecule has 7 rings (SSSR count). The number of hydrogen-bond acceptors (Lipinski definition) is 21. The van der Waals surface area contributed by atoms with E-state index in [4.69, 9.17) is 0 Å². The number of carbonyl (C=O) groups is 1. The summed E-state index contributed by atoms with van der Waals surface area (Å²) in [7, 11) is -19.8. The number of pyridine rings is 1. The van der Waals surface area contributed by atoms with E-state index >= 15 is 0 Å². The molecule has 73 heavy (non-hydrogen) atoms. The first-order chi connectivity index (χ1) is 34.2. The number of thiophene rings is 1. The summed E-state index contributed by atoms with van der Waals surface area (Å²) in [6, 6.07) is 22.0. The highest BCUT2D eigenvalue weighted by molar-refractivity contribution is 7.86. The van der Waals surface area contributed by atoms with Crippen molar-refractivity contribution in [3.63, 3.8) is 0 Å². The van der Waals surface area contributed by atoms with Crippen LogP contribution in [0.1, 0.15) is 23.6 Å². The molecule has 0 saturated carbocycles. The fraction of sp³-hybridized carbons (Fsp3) is 0.0476. The Morgan fingerprint density at radius 3 is 1.63 bits per heavy atom. The number of carbonyl (C=O) groups excluding carboxylic acids is 1. The van der Waals surface area contributed by atoms with Crippen molar-refractivity contribution in [1.29, 1.82) is 10.5 Å². The molecule has 0 spiro atoms. The number of aromatic nitrogens is 1. The number of nitro groups is 1. The van der Waals surface area contributed by atoms with Gasteiger partial charge in [0.2, 0.25) is 5.91 Å². The third kappa shape index (κ3) is 11.7. The number of anilines is 5. The highest BCUT2D eigenvalue weighted by Gasteiger charge is 2.27. The summed E-state index contributed by atoms with van der Waals surface area (Å²) in [5.74, 6) is -0.679. The summed E-state index contributed by atoms with van der Waals surface area (Å²) in [5.41, 5.74) is -0.844. The lowest BCUT2D eigenvalue weighted by molar-refractivity contribution is -0.384. The van der Waals surface area contributed by atoms with Crippen LogP contribution in [0.15, 0.2) is 137 Å². The fourth-order valence-corrected chi connectivity index (χ4v) is 10.1. The molecule has 5 aromatic carbocycles. The van der Waals surface area contributed by atoms with Crippen LogP contribution in [0.5, 0.6) is 0 Å². The molecule has 7 N–H and O–H groups in total. The van der Waals surface area contributed by atoms with E-state index in [-0.39, 0.29) is 66.5 Å². The van der Waals surface area contributed by atoms with Gasteiger partial charge in [0, 0.05) is 58.0 Å². The first-order valence-electron chi connectivity index (χ1n) is 19.8. The molecule has 26 nitrogen and oxygen atoms in total. The zero-order chi connectivity index (χ0) is 53.4. The zero-order valence-electron chi connectivity index (χ0n) is 36.6. The van der Waals surface area contributed by atoms with Crippen LogP contribution in [0.25, 0.3) is 21.9 Å². The number of nitro benzene ring substituents is 1. The number of non-ortho nitro benzene ring substituents is 1. The Hall–Kier alpha value is -8.50.